The third-order valence-corrected chi connectivity index (χ3v) is 3.22. The number of nitrogens with zero attached hydrogens (tertiary/aromatic N) is 1. The Labute approximate surface area is 109 Å². The van der Waals surface area contributed by atoms with Crippen LogP contribution in [-0.4, -0.2) is 4.98 Å². The van der Waals surface area contributed by atoms with E-state index in [1.165, 1.54) is 0 Å². The standard InChI is InChI=1S/C14H11ClN2O/c1-8-4-2-7-11-13(8)18-14(17-11)9-5-3-6-10(15)12(9)16/h2-7H,16H2,1H3. The van der Waals surface area contributed by atoms with Gasteiger partial charge in [-0.15, -0.1) is 0 Å². The van der Waals surface area contributed by atoms with Crippen molar-refractivity contribution in [1.82, 2.24) is 4.98 Å². The van der Waals surface area contributed by atoms with E-state index in [1.807, 2.05) is 37.3 Å². The van der Waals surface area contributed by atoms with Crippen LogP contribution in [0.4, 0.5) is 5.69 Å². The Kier molecular flexibility index (Phi) is 2.49. The number of rotatable bonds is 1. The minimum absolute atomic E-state index is 0.489. The molecule has 0 saturated carbocycles. The molecule has 0 amide bonds. The van der Waals surface area contributed by atoms with Gasteiger partial charge in [-0.05, 0) is 30.7 Å². The summed E-state index contributed by atoms with van der Waals surface area (Å²) < 4.78 is 5.77. The van der Waals surface area contributed by atoms with E-state index in [2.05, 4.69) is 4.98 Å². The zero-order valence-electron chi connectivity index (χ0n) is 9.77. The van der Waals surface area contributed by atoms with Crippen LogP contribution in [0.5, 0.6) is 0 Å². The average Bonchev–Trinajstić information content (AvgIpc) is 2.78. The molecule has 0 bridgehead atoms. The van der Waals surface area contributed by atoms with Crippen molar-refractivity contribution < 1.29 is 4.42 Å². The number of aromatic nitrogens is 1. The quantitative estimate of drug-likeness (QED) is 0.670. The lowest BCUT2D eigenvalue weighted by molar-refractivity contribution is 0.617. The van der Waals surface area contributed by atoms with E-state index in [9.17, 15) is 0 Å². The fourth-order valence-electron chi connectivity index (χ4n) is 1.93. The van der Waals surface area contributed by atoms with Crippen LogP contribution in [-0.2, 0) is 0 Å². The smallest absolute Gasteiger partial charge is 0.229 e. The minimum Gasteiger partial charge on any atom is -0.436 e. The molecule has 0 unspecified atom stereocenters. The summed E-state index contributed by atoms with van der Waals surface area (Å²) in [5, 5.41) is 0.506. The molecule has 0 saturated heterocycles. The van der Waals surface area contributed by atoms with Gasteiger partial charge in [0.1, 0.15) is 5.52 Å². The number of aryl methyl sites for hydroxylation is 1. The van der Waals surface area contributed by atoms with Crippen LogP contribution in [0, 0.1) is 6.92 Å². The summed E-state index contributed by atoms with van der Waals surface area (Å²) in [7, 11) is 0. The second-order valence-electron chi connectivity index (χ2n) is 4.14. The van der Waals surface area contributed by atoms with Crippen molar-refractivity contribution in [2.75, 3.05) is 5.73 Å². The first-order valence-corrected chi connectivity index (χ1v) is 5.95. The molecule has 0 aliphatic carbocycles. The zero-order valence-corrected chi connectivity index (χ0v) is 10.5. The van der Waals surface area contributed by atoms with Gasteiger partial charge < -0.3 is 10.2 Å². The molecule has 0 atom stereocenters. The van der Waals surface area contributed by atoms with Gasteiger partial charge >= 0.3 is 0 Å². The van der Waals surface area contributed by atoms with E-state index >= 15 is 0 Å². The van der Waals surface area contributed by atoms with Crippen LogP contribution in [0.3, 0.4) is 0 Å². The number of hydrogen-bond donors (Lipinski definition) is 1. The first-order valence-electron chi connectivity index (χ1n) is 5.57. The average molecular weight is 259 g/mol. The second kappa shape index (κ2) is 4.03. The highest BCUT2D eigenvalue weighted by Crippen LogP contribution is 2.33. The van der Waals surface area contributed by atoms with Gasteiger partial charge in [0, 0.05) is 0 Å². The van der Waals surface area contributed by atoms with E-state index in [0.717, 1.165) is 22.2 Å². The fraction of sp³-hybridized carbons (Fsp3) is 0.0714. The molecule has 1 aromatic heterocycles. The van der Waals surface area contributed by atoms with Crippen LogP contribution < -0.4 is 5.73 Å². The Morgan fingerprint density at radius 2 is 1.94 bits per heavy atom. The van der Waals surface area contributed by atoms with Crippen molar-refractivity contribution in [3.63, 3.8) is 0 Å². The van der Waals surface area contributed by atoms with Crippen molar-refractivity contribution in [2.45, 2.75) is 6.92 Å². The Balaban J connectivity index is 2.26. The maximum absolute atomic E-state index is 6.00. The molecular weight excluding hydrogens is 248 g/mol. The molecule has 3 rings (SSSR count). The van der Waals surface area contributed by atoms with Gasteiger partial charge in [-0.25, -0.2) is 4.98 Å². The SMILES string of the molecule is Cc1cccc2nc(-c3cccc(Cl)c3N)oc12. The third-order valence-electron chi connectivity index (χ3n) is 2.90. The fourth-order valence-corrected chi connectivity index (χ4v) is 2.10. The Bertz CT molecular complexity index is 734. The van der Waals surface area contributed by atoms with E-state index < -0.39 is 0 Å². The highest BCUT2D eigenvalue weighted by molar-refractivity contribution is 6.33. The number of para-hydroxylation sites is 2. The molecule has 1 heterocycles. The highest BCUT2D eigenvalue weighted by atomic mass is 35.5. The normalized spacial score (nSPS) is 11.0. The molecule has 2 N–H and O–H groups in total. The van der Waals surface area contributed by atoms with E-state index in [4.69, 9.17) is 21.8 Å². The Hall–Kier alpha value is -2.00. The summed E-state index contributed by atoms with van der Waals surface area (Å²) >= 11 is 6.00. The lowest BCUT2D eigenvalue weighted by Crippen LogP contribution is -1.90. The van der Waals surface area contributed by atoms with Gasteiger partial charge in [0.05, 0.1) is 16.3 Å². The maximum Gasteiger partial charge on any atom is 0.229 e. The number of hydrogen-bond acceptors (Lipinski definition) is 3. The van der Waals surface area contributed by atoms with Crippen LogP contribution in [0.2, 0.25) is 5.02 Å². The van der Waals surface area contributed by atoms with Gasteiger partial charge in [0.25, 0.3) is 0 Å². The molecule has 0 aliphatic heterocycles. The molecule has 18 heavy (non-hydrogen) atoms. The molecule has 2 aromatic carbocycles. The molecule has 0 aliphatic rings. The van der Waals surface area contributed by atoms with Crippen molar-refractivity contribution in [3.05, 3.63) is 47.0 Å². The lowest BCUT2D eigenvalue weighted by atomic mass is 10.2. The van der Waals surface area contributed by atoms with Crippen molar-refractivity contribution in [3.8, 4) is 11.5 Å². The van der Waals surface area contributed by atoms with Gasteiger partial charge in [0.15, 0.2) is 5.58 Å². The number of nitrogen functional groups attached to an aromatic ring is 1. The predicted molar refractivity (Wildman–Crippen MR) is 73.6 cm³/mol. The molecule has 3 nitrogen and oxygen atoms in total. The molecular formula is C14H11ClN2O. The van der Waals surface area contributed by atoms with Crippen LogP contribution in [0.15, 0.2) is 40.8 Å². The largest absolute Gasteiger partial charge is 0.436 e. The molecule has 3 aromatic rings. The second-order valence-corrected chi connectivity index (χ2v) is 4.55. The Morgan fingerprint density at radius 1 is 1.17 bits per heavy atom. The highest BCUT2D eigenvalue weighted by Gasteiger charge is 2.13. The first kappa shape index (κ1) is 11.1. The number of oxazole rings is 1. The molecule has 0 spiro atoms. The van der Waals surface area contributed by atoms with Gasteiger partial charge in [0.2, 0.25) is 5.89 Å². The van der Waals surface area contributed by atoms with Crippen LogP contribution in [0.1, 0.15) is 5.56 Å². The Morgan fingerprint density at radius 3 is 2.72 bits per heavy atom. The predicted octanol–water partition coefficient (Wildman–Crippen LogP) is 4.04. The monoisotopic (exact) mass is 258 g/mol. The molecule has 4 heteroatoms. The maximum atomic E-state index is 6.00. The van der Waals surface area contributed by atoms with Crippen molar-refractivity contribution in [2.24, 2.45) is 0 Å². The van der Waals surface area contributed by atoms with Gasteiger partial charge in [-0.1, -0.05) is 29.8 Å². The van der Waals surface area contributed by atoms with Crippen LogP contribution in [0.25, 0.3) is 22.6 Å². The third kappa shape index (κ3) is 1.64. The van der Waals surface area contributed by atoms with E-state index in [-0.39, 0.29) is 0 Å². The molecule has 90 valence electrons. The van der Waals surface area contributed by atoms with Crippen LogP contribution >= 0.6 is 11.6 Å². The minimum atomic E-state index is 0.489. The van der Waals surface area contributed by atoms with E-state index in [1.54, 1.807) is 6.07 Å². The number of fused-ring (bicyclic) bond motifs is 1. The summed E-state index contributed by atoms with van der Waals surface area (Å²) in [6.07, 6.45) is 0. The van der Waals surface area contributed by atoms with Crippen molar-refractivity contribution >= 4 is 28.4 Å². The zero-order chi connectivity index (χ0) is 12.7. The van der Waals surface area contributed by atoms with Crippen molar-refractivity contribution in [1.29, 1.82) is 0 Å². The van der Waals surface area contributed by atoms with Gasteiger partial charge in [-0.3, -0.25) is 0 Å². The summed E-state index contributed by atoms with van der Waals surface area (Å²) in [6.45, 7) is 1.98. The summed E-state index contributed by atoms with van der Waals surface area (Å²) in [5.74, 6) is 0.499. The summed E-state index contributed by atoms with van der Waals surface area (Å²) in [5.41, 5.74) is 9.81. The van der Waals surface area contributed by atoms with Gasteiger partial charge in [-0.2, -0.15) is 0 Å². The summed E-state index contributed by atoms with van der Waals surface area (Å²) in [4.78, 5) is 4.44. The number of nitrogens with two attached hydrogens (primary N) is 1. The lowest BCUT2D eigenvalue weighted by Gasteiger charge is -2.02. The molecule has 0 fully saturated rings. The number of benzene rings is 2. The topological polar surface area (TPSA) is 52.0 Å². The number of anilines is 1. The first-order chi connectivity index (χ1) is 8.66. The number of halogens is 1. The molecule has 0 radical (unpaired) electrons. The summed E-state index contributed by atoms with van der Waals surface area (Å²) in [6, 6.07) is 11.3. The van der Waals surface area contributed by atoms with E-state index in [0.29, 0.717) is 16.6 Å².